The summed E-state index contributed by atoms with van der Waals surface area (Å²) in [6, 6.07) is 6.60. The summed E-state index contributed by atoms with van der Waals surface area (Å²) in [5.74, 6) is 0. The van der Waals surface area contributed by atoms with Gasteiger partial charge in [0.25, 0.3) is 11.3 Å². The van der Waals surface area contributed by atoms with Gasteiger partial charge in [0, 0.05) is 10.7 Å². The minimum Gasteiger partial charge on any atom is -0.289 e. The van der Waals surface area contributed by atoms with Gasteiger partial charge in [-0.3, -0.25) is 9.27 Å². The van der Waals surface area contributed by atoms with Crippen LogP contribution in [0.25, 0.3) is 0 Å². The van der Waals surface area contributed by atoms with Crippen molar-refractivity contribution in [1.82, 2.24) is 0 Å². The van der Waals surface area contributed by atoms with Crippen molar-refractivity contribution >= 4 is 28.6 Å². The average molecular weight is 192 g/mol. The molecule has 0 fully saturated rings. The standard InChI is InChI=1S/C6H6ClNO2S/c7-5-2-1-3-6(4-5)8-11(9)10/h1-4,8H,(H,9,10). The van der Waals surface area contributed by atoms with E-state index >= 15 is 0 Å². The van der Waals surface area contributed by atoms with E-state index in [4.69, 9.17) is 16.2 Å². The Morgan fingerprint density at radius 3 is 2.82 bits per heavy atom. The third-order valence-electron chi connectivity index (χ3n) is 1.03. The van der Waals surface area contributed by atoms with Crippen LogP contribution in [0.1, 0.15) is 0 Å². The van der Waals surface area contributed by atoms with Gasteiger partial charge in [0.2, 0.25) is 0 Å². The second-order valence-corrected chi connectivity index (χ2v) is 3.00. The number of rotatable bonds is 2. The molecule has 1 unspecified atom stereocenters. The predicted octanol–water partition coefficient (Wildman–Crippen LogP) is 1.89. The molecule has 0 aliphatic carbocycles. The highest BCUT2D eigenvalue weighted by atomic mass is 35.5. The molecule has 3 nitrogen and oxygen atoms in total. The lowest BCUT2D eigenvalue weighted by molar-refractivity contribution is 0.570. The molecule has 1 aromatic rings. The van der Waals surface area contributed by atoms with Crippen molar-refractivity contribution in [2.24, 2.45) is 0 Å². The van der Waals surface area contributed by atoms with Crippen LogP contribution < -0.4 is 4.72 Å². The van der Waals surface area contributed by atoms with Gasteiger partial charge in [0.15, 0.2) is 0 Å². The van der Waals surface area contributed by atoms with Gasteiger partial charge in [0.05, 0.1) is 0 Å². The molecule has 5 heteroatoms. The van der Waals surface area contributed by atoms with E-state index in [-0.39, 0.29) is 0 Å². The molecular weight excluding hydrogens is 186 g/mol. The van der Waals surface area contributed by atoms with E-state index < -0.39 is 11.3 Å². The zero-order valence-corrected chi connectivity index (χ0v) is 7.02. The summed E-state index contributed by atoms with van der Waals surface area (Å²) < 4.78 is 20.9. The summed E-state index contributed by atoms with van der Waals surface area (Å²) in [4.78, 5) is 0. The number of benzene rings is 1. The highest BCUT2D eigenvalue weighted by molar-refractivity contribution is 7.80. The van der Waals surface area contributed by atoms with Crippen LogP contribution in [0.15, 0.2) is 24.3 Å². The van der Waals surface area contributed by atoms with Crippen LogP contribution in [0.2, 0.25) is 5.02 Å². The smallest absolute Gasteiger partial charge is 0.259 e. The van der Waals surface area contributed by atoms with Gasteiger partial charge in [-0.25, -0.2) is 4.21 Å². The predicted molar refractivity (Wildman–Crippen MR) is 45.8 cm³/mol. The van der Waals surface area contributed by atoms with E-state index in [0.717, 1.165) is 0 Å². The highest BCUT2D eigenvalue weighted by Crippen LogP contribution is 2.14. The Balaban J connectivity index is 2.79. The minimum absolute atomic E-state index is 0.526. The van der Waals surface area contributed by atoms with Crippen LogP contribution in [0, 0.1) is 0 Å². The van der Waals surface area contributed by atoms with Crippen LogP contribution in [0.3, 0.4) is 0 Å². The Morgan fingerprint density at radius 1 is 1.55 bits per heavy atom. The van der Waals surface area contributed by atoms with Crippen molar-refractivity contribution in [2.45, 2.75) is 0 Å². The topological polar surface area (TPSA) is 49.3 Å². The molecule has 0 radical (unpaired) electrons. The fourth-order valence-electron chi connectivity index (χ4n) is 0.653. The average Bonchev–Trinajstić information content (AvgIpc) is 1.85. The summed E-state index contributed by atoms with van der Waals surface area (Å²) in [6.45, 7) is 0. The third kappa shape index (κ3) is 2.88. The molecule has 1 aromatic carbocycles. The number of halogens is 1. The second kappa shape index (κ2) is 3.71. The monoisotopic (exact) mass is 191 g/mol. The quantitative estimate of drug-likeness (QED) is 0.702. The van der Waals surface area contributed by atoms with Crippen LogP contribution >= 0.6 is 11.6 Å². The first-order valence-electron chi connectivity index (χ1n) is 2.81. The molecule has 0 aliphatic heterocycles. The van der Waals surface area contributed by atoms with Crippen molar-refractivity contribution in [3.05, 3.63) is 29.3 Å². The normalized spacial score (nSPS) is 12.5. The SMILES string of the molecule is O=S(O)Nc1cccc(Cl)c1. The Bertz CT molecular complexity index is 279. The number of hydrogen-bond acceptors (Lipinski definition) is 1. The van der Waals surface area contributed by atoms with Crippen molar-refractivity contribution in [1.29, 1.82) is 0 Å². The first-order valence-corrected chi connectivity index (χ1v) is 4.30. The lowest BCUT2D eigenvalue weighted by atomic mass is 10.3. The van der Waals surface area contributed by atoms with Crippen LogP contribution in [0.4, 0.5) is 5.69 Å². The summed E-state index contributed by atoms with van der Waals surface area (Å²) in [6.07, 6.45) is 0. The Kier molecular flexibility index (Phi) is 2.87. The van der Waals surface area contributed by atoms with Crippen LogP contribution in [0.5, 0.6) is 0 Å². The molecule has 0 saturated heterocycles. The number of nitrogens with one attached hydrogen (secondary N) is 1. The molecule has 1 rings (SSSR count). The minimum atomic E-state index is -2.03. The molecule has 0 spiro atoms. The number of anilines is 1. The Hall–Kier alpha value is -0.580. The van der Waals surface area contributed by atoms with E-state index in [1.165, 1.54) is 0 Å². The highest BCUT2D eigenvalue weighted by Gasteiger charge is 1.94. The Labute approximate surface area is 71.8 Å². The van der Waals surface area contributed by atoms with E-state index in [2.05, 4.69) is 4.72 Å². The molecular formula is C6H6ClNO2S. The van der Waals surface area contributed by atoms with E-state index in [0.29, 0.717) is 10.7 Å². The molecule has 2 N–H and O–H groups in total. The zero-order chi connectivity index (χ0) is 8.27. The summed E-state index contributed by atoms with van der Waals surface area (Å²) >= 11 is 3.57. The first kappa shape index (κ1) is 8.52. The fraction of sp³-hybridized carbons (Fsp3) is 0. The zero-order valence-electron chi connectivity index (χ0n) is 5.45. The van der Waals surface area contributed by atoms with Crippen molar-refractivity contribution in [3.8, 4) is 0 Å². The maximum atomic E-state index is 10.2. The van der Waals surface area contributed by atoms with Crippen molar-refractivity contribution < 1.29 is 8.76 Å². The van der Waals surface area contributed by atoms with Crippen molar-refractivity contribution in [3.63, 3.8) is 0 Å². The summed E-state index contributed by atoms with van der Waals surface area (Å²) in [7, 11) is 0. The van der Waals surface area contributed by atoms with E-state index in [9.17, 15) is 4.21 Å². The molecule has 60 valence electrons. The molecule has 0 saturated carbocycles. The van der Waals surface area contributed by atoms with Crippen LogP contribution in [-0.2, 0) is 11.3 Å². The third-order valence-corrected chi connectivity index (χ3v) is 1.68. The largest absolute Gasteiger partial charge is 0.289 e. The molecule has 11 heavy (non-hydrogen) atoms. The molecule has 1 atom stereocenters. The maximum Gasteiger partial charge on any atom is 0.259 e. The lowest BCUT2D eigenvalue weighted by Gasteiger charge is -1.99. The fourth-order valence-corrected chi connectivity index (χ4v) is 1.17. The van der Waals surface area contributed by atoms with Gasteiger partial charge in [-0.2, -0.15) is 0 Å². The van der Waals surface area contributed by atoms with Gasteiger partial charge in [-0.1, -0.05) is 17.7 Å². The summed E-state index contributed by atoms with van der Waals surface area (Å²) in [5, 5.41) is 0.528. The van der Waals surface area contributed by atoms with Crippen LogP contribution in [-0.4, -0.2) is 8.76 Å². The molecule has 0 amide bonds. The number of hydrogen-bond donors (Lipinski definition) is 2. The molecule has 0 aliphatic rings. The van der Waals surface area contributed by atoms with E-state index in [1.807, 2.05) is 0 Å². The molecule has 0 heterocycles. The second-order valence-electron chi connectivity index (χ2n) is 1.86. The lowest BCUT2D eigenvalue weighted by Crippen LogP contribution is -2.00. The van der Waals surface area contributed by atoms with Gasteiger partial charge in [-0.15, -0.1) is 0 Å². The maximum absolute atomic E-state index is 10.2. The molecule has 0 aromatic heterocycles. The van der Waals surface area contributed by atoms with Gasteiger partial charge in [-0.05, 0) is 18.2 Å². The van der Waals surface area contributed by atoms with Gasteiger partial charge >= 0.3 is 0 Å². The van der Waals surface area contributed by atoms with Crippen molar-refractivity contribution in [2.75, 3.05) is 4.72 Å². The first-order chi connectivity index (χ1) is 5.18. The van der Waals surface area contributed by atoms with Gasteiger partial charge < -0.3 is 0 Å². The Morgan fingerprint density at radius 2 is 2.27 bits per heavy atom. The van der Waals surface area contributed by atoms with E-state index in [1.54, 1.807) is 24.3 Å². The van der Waals surface area contributed by atoms with Gasteiger partial charge in [0.1, 0.15) is 0 Å². The molecule has 0 bridgehead atoms. The summed E-state index contributed by atoms with van der Waals surface area (Å²) in [5.41, 5.74) is 0.526.